The maximum atomic E-state index is 13.4. The molecule has 0 aromatic carbocycles. The number of carboxylic acids is 1. The second kappa shape index (κ2) is 11.8. The van der Waals surface area contributed by atoms with Gasteiger partial charge in [-0.05, 0) is 51.0 Å². The Balaban J connectivity index is 0.000000505. The number of aliphatic hydroxyl groups excluding tert-OH is 1. The second-order valence-electron chi connectivity index (χ2n) is 8.94. The Labute approximate surface area is 213 Å². The fourth-order valence-electron chi connectivity index (χ4n) is 3.82. The quantitative estimate of drug-likeness (QED) is 0.331. The summed E-state index contributed by atoms with van der Waals surface area (Å²) in [7, 11) is 0. The highest BCUT2D eigenvalue weighted by atomic mass is 19.4. The van der Waals surface area contributed by atoms with Crippen molar-refractivity contribution in [2.45, 2.75) is 70.3 Å². The summed E-state index contributed by atoms with van der Waals surface area (Å²) in [6.45, 7) is 3.63. The lowest BCUT2D eigenvalue weighted by atomic mass is 9.93. The lowest BCUT2D eigenvalue weighted by molar-refractivity contribution is -0.192. The van der Waals surface area contributed by atoms with Crippen molar-refractivity contribution >= 4 is 28.9 Å². The van der Waals surface area contributed by atoms with Crippen molar-refractivity contribution in [1.82, 2.24) is 19.4 Å². The van der Waals surface area contributed by atoms with Crippen molar-refractivity contribution in [2.75, 3.05) is 10.6 Å². The molecule has 1 aliphatic carbocycles. The van der Waals surface area contributed by atoms with Gasteiger partial charge in [0.2, 0.25) is 0 Å². The van der Waals surface area contributed by atoms with Crippen LogP contribution in [0, 0.1) is 0 Å². The van der Waals surface area contributed by atoms with E-state index in [2.05, 4.69) is 20.8 Å². The van der Waals surface area contributed by atoms with Crippen LogP contribution in [0.3, 0.4) is 0 Å². The number of amides is 1. The molecule has 3 heterocycles. The number of halogens is 5. The van der Waals surface area contributed by atoms with Gasteiger partial charge >= 0.3 is 12.1 Å². The first kappa shape index (κ1) is 28.8. The second-order valence-corrected chi connectivity index (χ2v) is 8.94. The molecule has 0 aliphatic heterocycles. The average Bonchev–Trinajstić information content (AvgIpc) is 3.45. The molecule has 0 bridgehead atoms. The summed E-state index contributed by atoms with van der Waals surface area (Å²) in [6.07, 6.45) is -3.31. The Morgan fingerprint density at radius 2 is 1.71 bits per heavy atom. The first-order valence-corrected chi connectivity index (χ1v) is 11.7. The molecule has 3 aromatic rings. The van der Waals surface area contributed by atoms with Gasteiger partial charge in [-0.1, -0.05) is 12.8 Å². The van der Waals surface area contributed by atoms with E-state index in [1.807, 2.05) is 19.9 Å². The Morgan fingerprint density at radius 3 is 2.29 bits per heavy atom. The number of rotatable bonds is 6. The molecule has 1 saturated carbocycles. The van der Waals surface area contributed by atoms with Crippen LogP contribution < -0.4 is 10.6 Å². The molecule has 4 N–H and O–H groups in total. The molecule has 10 nitrogen and oxygen atoms in total. The van der Waals surface area contributed by atoms with E-state index in [0.717, 1.165) is 25.7 Å². The molecule has 1 fully saturated rings. The largest absolute Gasteiger partial charge is 0.490 e. The van der Waals surface area contributed by atoms with E-state index >= 15 is 0 Å². The number of carboxylic acid groups (broad SMARTS) is 1. The fourth-order valence-corrected chi connectivity index (χ4v) is 3.82. The van der Waals surface area contributed by atoms with Crippen LogP contribution >= 0.6 is 0 Å². The summed E-state index contributed by atoms with van der Waals surface area (Å²) >= 11 is 0. The number of fused-ring (bicyclic) bond motifs is 1. The predicted octanol–water partition coefficient (Wildman–Crippen LogP) is 4.65. The van der Waals surface area contributed by atoms with Gasteiger partial charge in [0, 0.05) is 12.2 Å². The van der Waals surface area contributed by atoms with Crippen LogP contribution in [-0.2, 0) is 4.79 Å². The molecule has 1 amide bonds. The van der Waals surface area contributed by atoms with Crippen LogP contribution in [0.2, 0.25) is 0 Å². The summed E-state index contributed by atoms with van der Waals surface area (Å²) < 4.78 is 61.4. The van der Waals surface area contributed by atoms with Crippen molar-refractivity contribution in [2.24, 2.45) is 0 Å². The maximum absolute atomic E-state index is 13.4. The normalized spacial score (nSPS) is 17.8. The summed E-state index contributed by atoms with van der Waals surface area (Å²) in [5.41, 5.74) is 0.403. The molecule has 0 saturated heterocycles. The van der Waals surface area contributed by atoms with Gasteiger partial charge in [0.15, 0.2) is 5.69 Å². The molecular weight excluding hydrogens is 519 g/mol. The van der Waals surface area contributed by atoms with Crippen molar-refractivity contribution in [3.8, 4) is 0 Å². The molecule has 0 radical (unpaired) electrons. The summed E-state index contributed by atoms with van der Waals surface area (Å²) in [6, 6.07) is 6.70. The molecule has 38 heavy (non-hydrogen) atoms. The zero-order chi connectivity index (χ0) is 28.2. The van der Waals surface area contributed by atoms with E-state index in [4.69, 9.17) is 9.90 Å². The number of carbonyl (C=O) groups excluding carboxylic acids is 1. The Bertz CT molecular complexity index is 1270. The molecule has 3 aromatic heterocycles. The van der Waals surface area contributed by atoms with Crippen molar-refractivity contribution in [3.05, 3.63) is 41.9 Å². The predicted molar refractivity (Wildman–Crippen MR) is 126 cm³/mol. The third kappa shape index (κ3) is 6.96. The number of nitrogens with zero attached hydrogens (tertiary/aromatic N) is 4. The third-order valence-corrected chi connectivity index (χ3v) is 5.79. The number of hydrogen-bond acceptors (Lipinski definition) is 6. The standard InChI is InChI=1S/C21H26F2N6O2.C2HF3O2/c1-12(2)28-11-15(19(27-28)20(22)23)25-21(31)16-9-7-13-8-10-18(26-29(13)16)24-14-5-3-4-6-17(14)30;3-2(4,5)1(6)7/h7-12,14,17,20,30H,3-6H2,1-2H3,(H,24,26)(H,25,31);(H,6,7)/t14-,17+;/m1./s1. The average molecular weight is 546 g/mol. The van der Waals surface area contributed by atoms with Crippen LogP contribution in [0.25, 0.3) is 5.52 Å². The highest BCUT2D eigenvalue weighted by Crippen LogP contribution is 2.28. The number of nitrogens with one attached hydrogen (secondary N) is 2. The van der Waals surface area contributed by atoms with Gasteiger partial charge in [-0.3, -0.25) is 9.48 Å². The summed E-state index contributed by atoms with van der Waals surface area (Å²) in [4.78, 5) is 21.8. The lowest BCUT2D eigenvalue weighted by Gasteiger charge is -2.28. The SMILES string of the molecule is CC(C)n1cc(NC(=O)c2ccc3ccc(N[C@@H]4CCCC[C@@H]4O)nn23)c(C(F)F)n1.O=C(O)C(F)(F)F. The highest BCUT2D eigenvalue weighted by molar-refractivity contribution is 6.04. The molecule has 1 aliphatic rings. The Hall–Kier alpha value is -3.75. The molecule has 208 valence electrons. The molecular formula is C23H27F5N6O4. The molecule has 2 atom stereocenters. The van der Waals surface area contributed by atoms with Gasteiger partial charge in [0.05, 0.1) is 23.3 Å². The van der Waals surface area contributed by atoms with Crippen LogP contribution in [-0.4, -0.2) is 59.8 Å². The minimum Gasteiger partial charge on any atom is -0.475 e. The van der Waals surface area contributed by atoms with Crippen LogP contribution in [0.5, 0.6) is 0 Å². The monoisotopic (exact) mass is 546 g/mol. The molecule has 4 rings (SSSR count). The summed E-state index contributed by atoms with van der Waals surface area (Å²) in [5.74, 6) is -2.79. The molecule has 15 heteroatoms. The number of aromatic nitrogens is 4. The molecule has 0 spiro atoms. The Kier molecular flexibility index (Phi) is 8.91. The highest BCUT2D eigenvalue weighted by Gasteiger charge is 2.38. The lowest BCUT2D eigenvalue weighted by Crippen LogP contribution is -2.36. The zero-order valence-corrected chi connectivity index (χ0v) is 20.4. The third-order valence-electron chi connectivity index (χ3n) is 5.79. The maximum Gasteiger partial charge on any atom is 0.490 e. The summed E-state index contributed by atoms with van der Waals surface area (Å²) in [5, 5.41) is 31.5. The van der Waals surface area contributed by atoms with Crippen LogP contribution in [0.15, 0.2) is 30.5 Å². The van der Waals surface area contributed by atoms with Gasteiger partial charge in [-0.2, -0.15) is 18.3 Å². The fraction of sp³-hybridized carbons (Fsp3) is 0.478. The first-order chi connectivity index (χ1) is 17.8. The Morgan fingerprint density at radius 1 is 1.08 bits per heavy atom. The van der Waals surface area contributed by atoms with E-state index in [0.29, 0.717) is 11.3 Å². The van der Waals surface area contributed by atoms with Crippen molar-refractivity contribution < 1.29 is 41.8 Å². The van der Waals surface area contributed by atoms with Gasteiger partial charge in [0.25, 0.3) is 12.3 Å². The van der Waals surface area contributed by atoms with Gasteiger partial charge in [-0.25, -0.2) is 18.1 Å². The minimum absolute atomic E-state index is 0.0248. The molecule has 0 unspecified atom stereocenters. The zero-order valence-electron chi connectivity index (χ0n) is 20.4. The van der Waals surface area contributed by atoms with Gasteiger partial charge < -0.3 is 20.8 Å². The van der Waals surface area contributed by atoms with E-state index in [1.54, 1.807) is 18.2 Å². The van der Waals surface area contributed by atoms with E-state index in [1.165, 1.54) is 15.4 Å². The van der Waals surface area contributed by atoms with Crippen LogP contribution in [0.1, 0.15) is 68.2 Å². The van der Waals surface area contributed by atoms with Crippen molar-refractivity contribution in [3.63, 3.8) is 0 Å². The smallest absolute Gasteiger partial charge is 0.475 e. The van der Waals surface area contributed by atoms with E-state index < -0.39 is 36.3 Å². The minimum atomic E-state index is -5.08. The number of carbonyl (C=O) groups is 2. The van der Waals surface area contributed by atoms with E-state index in [-0.39, 0.29) is 23.5 Å². The van der Waals surface area contributed by atoms with Gasteiger partial charge in [0.1, 0.15) is 11.5 Å². The van der Waals surface area contributed by atoms with E-state index in [9.17, 15) is 31.9 Å². The van der Waals surface area contributed by atoms with Crippen LogP contribution in [0.4, 0.5) is 33.5 Å². The first-order valence-electron chi connectivity index (χ1n) is 11.7. The number of aliphatic carboxylic acids is 1. The van der Waals surface area contributed by atoms with Gasteiger partial charge in [-0.15, -0.1) is 5.10 Å². The number of aliphatic hydroxyl groups is 1. The number of alkyl halides is 5. The number of hydrogen-bond donors (Lipinski definition) is 4. The van der Waals surface area contributed by atoms with Crippen molar-refractivity contribution in [1.29, 1.82) is 0 Å². The number of anilines is 2. The topological polar surface area (TPSA) is 134 Å².